The maximum atomic E-state index is 12.6. The van der Waals surface area contributed by atoms with Gasteiger partial charge in [-0.25, -0.2) is 9.78 Å². The Balaban J connectivity index is 1.47. The molecule has 0 fully saturated rings. The normalized spacial score (nSPS) is 12.0. The minimum absolute atomic E-state index is 0.297. The zero-order valence-electron chi connectivity index (χ0n) is 19.1. The van der Waals surface area contributed by atoms with E-state index in [1.807, 2.05) is 0 Å². The van der Waals surface area contributed by atoms with Gasteiger partial charge in [-0.05, 0) is 53.8 Å². The summed E-state index contributed by atoms with van der Waals surface area (Å²) < 4.78 is 1.47. The van der Waals surface area contributed by atoms with Gasteiger partial charge < -0.3 is 15.4 Å². The smallest absolute Gasteiger partial charge is 0.411 e. The van der Waals surface area contributed by atoms with Gasteiger partial charge in [0, 0.05) is 35.0 Å². The minimum atomic E-state index is -1.07. The molecule has 0 aliphatic carbocycles. The quantitative estimate of drug-likeness (QED) is 0.303. The van der Waals surface area contributed by atoms with E-state index >= 15 is 0 Å². The Bertz CT molecular complexity index is 1420. The van der Waals surface area contributed by atoms with Crippen LogP contribution in [0.2, 0.25) is 10.2 Å². The molecule has 0 spiro atoms. The molecule has 2 heterocycles. The number of carbonyl (C=O) groups excluding carboxylic acids is 1. The maximum Gasteiger partial charge on any atom is 0.411 e. The third-order valence-electron chi connectivity index (χ3n) is 5.26. The Morgan fingerprint density at radius 1 is 1.19 bits per heavy atom. The first-order valence-electron chi connectivity index (χ1n) is 10.6. The van der Waals surface area contributed by atoms with Crippen LogP contribution in [0.15, 0.2) is 54.9 Å². The highest BCUT2D eigenvalue weighted by atomic mass is 35.5. The summed E-state index contributed by atoms with van der Waals surface area (Å²) in [5.41, 5.74) is 2.99. The number of hydrogen-bond acceptors (Lipinski definition) is 6. The number of aromatic nitrogens is 6. The van der Waals surface area contributed by atoms with Crippen LogP contribution in [-0.2, 0) is 4.79 Å². The van der Waals surface area contributed by atoms with Gasteiger partial charge in [-0.2, -0.15) is 4.68 Å². The standard InChI is InChI=1S/C23H20Cl2N8O3/c1-13(22-28-20(21(25)29-22)14-3-7-17(8-4-14)32(2)23(35)36)27-19(34)10-5-15-11-16(24)6-9-18(15)33-12-26-30-31-33/h3-13H,1-2H3,(H,27,34)(H,28,29)(H,35,36)/b10-5+/t13-/m0/s1. The lowest BCUT2D eigenvalue weighted by Crippen LogP contribution is -2.25. The highest BCUT2D eigenvalue weighted by molar-refractivity contribution is 6.32. The third kappa shape index (κ3) is 5.53. The molecular weight excluding hydrogens is 507 g/mol. The third-order valence-corrected chi connectivity index (χ3v) is 5.77. The van der Waals surface area contributed by atoms with Crippen molar-refractivity contribution in [3.63, 3.8) is 0 Å². The Morgan fingerprint density at radius 2 is 1.94 bits per heavy atom. The fourth-order valence-electron chi connectivity index (χ4n) is 3.35. The number of anilines is 1. The summed E-state index contributed by atoms with van der Waals surface area (Å²) >= 11 is 12.5. The SMILES string of the molecule is C[C@H](NC(=O)/C=C/c1cc(Cl)ccc1-n1cnnn1)c1nc(-c2ccc(N(C)C(=O)O)cc2)c(Cl)[nH]1. The summed E-state index contributed by atoms with van der Waals surface area (Å²) in [5, 5.41) is 23.9. The first-order valence-corrected chi connectivity index (χ1v) is 11.3. The van der Waals surface area contributed by atoms with Crippen molar-refractivity contribution in [2.45, 2.75) is 13.0 Å². The van der Waals surface area contributed by atoms with E-state index in [0.29, 0.717) is 44.2 Å². The molecule has 36 heavy (non-hydrogen) atoms. The molecule has 0 unspecified atom stereocenters. The van der Waals surface area contributed by atoms with Gasteiger partial charge in [-0.1, -0.05) is 35.3 Å². The molecule has 4 aromatic rings. The molecule has 2 aromatic heterocycles. The number of amides is 2. The van der Waals surface area contributed by atoms with Crippen LogP contribution < -0.4 is 10.2 Å². The summed E-state index contributed by atoms with van der Waals surface area (Å²) in [6.07, 6.45) is 3.36. The largest absolute Gasteiger partial charge is 0.465 e. The molecule has 4 rings (SSSR count). The Hall–Kier alpha value is -4.22. The van der Waals surface area contributed by atoms with Crippen LogP contribution in [0.3, 0.4) is 0 Å². The molecule has 0 saturated heterocycles. The number of halogens is 2. The average molecular weight is 527 g/mol. The van der Waals surface area contributed by atoms with Crippen molar-refractivity contribution in [2.24, 2.45) is 0 Å². The number of benzene rings is 2. The molecule has 184 valence electrons. The van der Waals surface area contributed by atoms with Crippen LogP contribution in [0.5, 0.6) is 0 Å². The van der Waals surface area contributed by atoms with Gasteiger partial charge in [-0.15, -0.1) is 5.10 Å². The minimum Gasteiger partial charge on any atom is -0.465 e. The predicted octanol–water partition coefficient (Wildman–Crippen LogP) is 4.36. The molecule has 0 bridgehead atoms. The first-order chi connectivity index (χ1) is 17.2. The topological polar surface area (TPSA) is 142 Å². The average Bonchev–Trinajstić information content (AvgIpc) is 3.52. The van der Waals surface area contributed by atoms with Crippen molar-refractivity contribution in [1.82, 2.24) is 35.5 Å². The van der Waals surface area contributed by atoms with E-state index in [-0.39, 0.29) is 5.91 Å². The van der Waals surface area contributed by atoms with E-state index < -0.39 is 12.1 Å². The predicted molar refractivity (Wildman–Crippen MR) is 135 cm³/mol. The molecule has 1 atom stereocenters. The van der Waals surface area contributed by atoms with E-state index in [1.54, 1.807) is 55.5 Å². The Kier molecular flexibility index (Phi) is 7.32. The van der Waals surface area contributed by atoms with Gasteiger partial charge >= 0.3 is 6.09 Å². The molecule has 0 aliphatic heterocycles. The van der Waals surface area contributed by atoms with E-state index in [1.165, 1.54) is 24.1 Å². The van der Waals surface area contributed by atoms with Crippen molar-refractivity contribution in [3.05, 3.63) is 76.4 Å². The van der Waals surface area contributed by atoms with Crippen LogP contribution in [0.4, 0.5) is 10.5 Å². The number of nitrogens with zero attached hydrogens (tertiary/aromatic N) is 6. The van der Waals surface area contributed by atoms with E-state index in [9.17, 15) is 9.59 Å². The van der Waals surface area contributed by atoms with E-state index in [2.05, 4.69) is 30.8 Å². The van der Waals surface area contributed by atoms with Crippen LogP contribution in [-0.4, -0.2) is 54.3 Å². The molecule has 0 radical (unpaired) electrons. The van der Waals surface area contributed by atoms with Gasteiger partial charge in [0.2, 0.25) is 5.91 Å². The summed E-state index contributed by atoms with van der Waals surface area (Å²) in [6, 6.07) is 11.4. The molecule has 0 aliphatic rings. The summed E-state index contributed by atoms with van der Waals surface area (Å²) in [7, 11) is 1.45. The van der Waals surface area contributed by atoms with Gasteiger partial charge in [0.25, 0.3) is 0 Å². The molecule has 2 aromatic carbocycles. The molecule has 0 saturated carbocycles. The lowest BCUT2D eigenvalue weighted by molar-refractivity contribution is -0.117. The zero-order chi connectivity index (χ0) is 25.8. The summed E-state index contributed by atoms with van der Waals surface area (Å²) in [5.74, 6) is 0.0980. The number of H-pyrrole nitrogens is 1. The second-order valence-corrected chi connectivity index (χ2v) is 8.51. The maximum absolute atomic E-state index is 12.6. The van der Waals surface area contributed by atoms with E-state index in [4.69, 9.17) is 28.3 Å². The van der Waals surface area contributed by atoms with Crippen LogP contribution >= 0.6 is 23.2 Å². The van der Waals surface area contributed by atoms with Crippen LogP contribution in [0, 0.1) is 0 Å². The molecule has 2 amide bonds. The molecule has 11 nitrogen and oxygen atoms in total. The molecule has 13 heteroatoms. The van der Waals surface area contributed by atoms with Gasteiger partial charge in [-0.3, -0.25) is 9.69 Å². The number of rotatable bonds is 7. The number of nitrogens with one attached hydrogen (secondary N) is 2. The van der Waals surface area contributed by atoms with Crippen molar-refractivity contribution in [1.29, 1.82) is 0 Å². The summed E-state index contributed by atoms with van der Waals surface area (Å²) in [4.78, 5) is 32.3. The van der Waals surface area contributed by atoms with Gasteiger partial charge in [0.05, 0.1) is 11.7 Å². The van der Waals surface area contributed by atoms with E-state index in [0.717, 1.165) is 4.90 Å². The molecule has 3 N–H and O–H groups in total. The van der Waals surface area contributed by atoms with Gasteiger partial charge in [0.1, 0.15) is 23.0 Å². The second-order valence-electron chi connectivity index (χ2n) is 7.69. The fourth-order valence-corrected chi connectivity index (χ4v) is 3.78. The van der Waals surface area contributed by atoms with Crippen molar-refractivity contribution in [3.8, 4) is 16.9 Å². The number of aromatic amines is 1. The van der Waals surface area contributed by atoms with Crippen molar-refractivity contribution >= 4 is 47.0 Å². The Morgan fingerprint density at radius 3 is 2.61 bits per heavy atom. The monoisotopic (exact) mass is 526 g/mol. The number of carbonyl (C=O) groups is 2. The number of hydrogen-bond donors (Lipinski definition) is 3. The lowest BCUT2D eigenvalue weighted by atomic mass is 10.1. The Labute approximate surface area is 215 Å². The number of imidazole rings is 1. The lowest BCUT2D eigenvalue weighted by Gasteiger charge is -2.13. The van der Waals surface area contributed by atoms with Crippen LogP contribution in [0.1, 0.15) is 24.4 Å². The second kappa shape index (κ2) is 10.6. The number of carboxylic acid groups (broad SMARTS) is 1. The van der Waals surface area contributed by atoms with Crippen molar-refractivity contribution < 1.29 is 14.7 Å². The highest BCUT2D eigenvalue weighted by Crippen LogP contribution is 2.29. The van der Waals surface area contributed by atoms with Crippen LogP contribution in [0.25, 0.3) is 23.0 Å². The zero-order valence-corrected chi connectivity index (χ0v) is 20.6. The summed E-state index contributed by atoms with van der Waals surface area (Å²) in [6.45, 7) is 1.77. The number of tetrazole rings is 1. The highest BCUT2D eigenvalue weighted by Gasteiger charge is 2.17. The first kappa shape index (κ1) is 24.9. The van der Waals surface area contributed by atoms with Gasteiger partial charge in [0.15, 0.2) is 0 Å². The molecular formula is C23H20Cl2N8O3. The fraction of sp³-hybridized carbons (Fsp3) is 0.130. The van der Waals surface area contributed by atoms with Crippen molar-refractivity contribution in [2.75, 3.05) is 11.9 Å².